The fraction of sp³-hybridized carbons (Fsp3) is 0.636. The fourth-order valence-corrected chi connectivity index (χ4v) is 1.52. The van der Waals surface area contributed by atoms with Crippen molar-refractivity contribution < 1.29 is 4.68 Å². The first kappa shape index (κ1) is 11.0. The number of nitrogens with zero attached hydrogens (tertiary/aromatic N) is 3. The lowest BCUT2D eigenvalue weighted by molar-refractivity contribution is -0.746. The normalized spacial score (nSPS) is 10.4. The average molecular weight is 194 g/mol. The van der Waals surface area contributed by atoms with Gasteiger partial charge in [0.05, 0.1) is 5.21 Å². The van der Waals surface area contributed by atoms with Crippen molar-refractivity contribution >= 4 is 0 Å². The molecule has 0 saturated heterocycles. The summed E-state index contributed by atoms with van der Waals surface area (Å²) in [5.41, 5.74) is 1.31. The standard InChI is InChI=1S/C11H20N3/c1-4-6-7-8-11-10-14(9-5-2)12-13(11)3/h5,10H,2,4,6-9H2,1,3H3/q+1. The minimum absolute atomic E-state index is 0.793. The zero-order valence-electron chi connectivity index (χ0n) is 9.24. The van der Waals surface area contributed by atoms with E-state index < -0.39 is 0 Å². The first-order valence-corrected chi connectivity index (χ1v) is 5.31. The maximum atomic E-state index is 4.34. The Bertz CT molecular complexity index is 289. The molecule has 3 heteroatoms. The van der Waals surface area contributed by atoms with Gasteiger partial charge < -0.3 is 0 Å². The third-order valence-electron chi connectivity index (χ3n) is 2.32. The van der Waals surface area contributed by atoms with E-state index in [4.69, 9.17) is 0 Å². The molecule has 0 aliphatic carbocycles. The first-order valence-electron chi connectivity index (χ1n) is 5.31. The van der Waals surface area contributed by atoms with Crippen molar-refractivity contribution in [3.63, 3.8) is 0 Å². The number of aromatic nitrogens is 3. The fourth-order valence-electron chi connectivity index (χ4n) is 1.52. The number of hydrogen-bond donors (Lipinski definition) is 0. The number of aryl methyl sites for hydroxylation is 2. The molecule has 0 aliphatic rings. The molecule has 1 aromatic rings. The van der Waals surface area contributed by atoms with E-state index >= 15 is 0 Å². The lowest BCUT2D eigenvalue weighted by Crippen LogP contribution is -2.34. The van der Waals surface area contributed by atoms with Crippen LogP contribution in [0.4, 0.5) is 0 Å². The quantitative estimate of drug-likeness (QED) is 0.383. The highest BCUT2D eigenvalue weighted by molar-refractivity contribution is 4.89. The molecule has 0 amide bonds. The maximum absolute atomic E-state index is 4.34. The average Bonchev–Trinajstić information content (AvgIpc) is 2.48. The van der Waals surface area contributed by atoms with Crippen LogP contribution in [0.3, 0.4) is 0 Å². The van der Waals surface area contributed by atoms with Gasteiger partial charge in [-0.05, 0) is 12.5 Å². The Morgan fingerprint density at radius 3 is 3.00 bits per heavy atom. The van der Waals surface area contributed by atoms with Gasteiger partial charge in [-0.1, -0.05) is 26.3 Å². The molecule has 0 spiro atoms. The summed E-state index contributed by atoms with van der Waals surface area (Å²) in [4.78, 5) is 0. The Morgan fingerprint density at radius 1 is 1.57 bits per heavy atom. The van der Waals surface area contributed by atoms with Crippen LogP contribution in [0.5, 0.6) is 0 Å². The number of hydrogen-bond acceptors (Lipinski definition) is 1. The Hall–Kier alpha value is -1.12. The van der Waals surface area contributed by atoms with Crippen molar-refractivity contribution in [3.05, 3.63) is 24.5 Å². The van der Waals surface area contributed by atoms with Gasteiger partial charge in [-0.2, -0.15) is 0 Å². The molecule has 0 aromatic carbocycles. The molecule has 0 fully saturated rings. The van der Waals surface area contributed by atoms with Crippen LogP contribution in [0, 0.1) is 0 Å². The van der Waals surface area contributed by atoms with Crippen LogP contribution in [0.15, 0.2) is 18.9 Å². The molecule has 1 heterocycles. The van der Waals surface area contributed by atoms with E-state index in [2.05, 4.69) is 24.9 Å². The van der Waals surface area contributed by atoms with E-state index in [-0.39, 0.29) is 0 Å². The van der Waals surface area contributed by atoms with Gasteiger partial charge in [0.25, 0.3) is 0 Å². The summed E-state index contributed by atoms with van der Waals surface area (Å²) in [5.74, 6) is 0. The second kappa shape index (κ2) is 5.58. The molecule has 0 aliphatic heterocycles. The van der Waals surface area contributed by atoms with Crippen LogP contribution in [0.1, 0.15) is 31.9 Å². The number of rotatable bonds is 6. The molecule has 0 unspecified atom stereocenters. The SMILES string of the molecule is C=CC[n+]1cc(CCCCC)n(C)n1. The van der Waals surface area contributed by atoms with E-state index in [1.807, 2.05) is 22.5 Å². The van der Waals surface area contributed by atoms with Gasteiger partial charge in [-0.25, -0.2) is 0 Å². The predicted molar refractivity (Wildman–Crippen MR) is 56.8 cm³/mol. The summed E-state index contributed by atoms with van der Waals surface area (Å²) in [6, 6.07) is 0. The zero-order valence-corrected chi connectivity index (χ0v) is 9.24. The predicted octanol–water partition coefficient (Wildman–Crippen LogP) is 1.63. The largest absolute Gasteiger partial charge is 0.167 e. The van der Waals surface area contributed by atoms with Gasteiger partial charge >= 0.3 is 0 Å². The number of allylic oxidation sites excluding steroid dienone is 1. The molecule has 14 heavy (non-hydrogen) atoms. The minimum Gasteiger partial charge on any atom is -0.137 e. The van der Waals surface area contributed by atoms with Crippen molar-refractivity contribution in [2.75, 3.05) is 0 Å². The molecule has 0 N–H and O–H groups in total. The van der Waals surface area contributed by atoms with E-state index in [9.17, 15) is 0 Å². The summed E-state index contributed by atoms with van der Waals surface area (Å²) >= 11 is 0. The van der Waals surface area contributed by atoms with Gasteiger partial charge in [-0.15, -0.1) is 9.36 Å². The molecule has 0 bridgehead atoms. The van der Waals surface area contributed by atoms with Crippen molar-refractivity contribution in [3.8, 4) is 0 Å². The van der Waals surface area contributed by atoms with Gasteiger partial charge in [0.1, 0.15) is 13.6 Å². The van der Waals surface area contributed by atoms with E-state index in [1.54, 1.807) is 0 Å². The van der Waals surface area contributed by atoms with Gasteiger partial charge in [-0.3, -0.25) is 0 Å². The molecule has 1 aromatic heterocycles. The summed E-state index contributed by atoms with van der Waals surface area (Å²) < 4.78 is 3.88. The van der Waals surface area contributed by atoms with Gasteiger partial charge in [0, 0.05) is 6.42 Å². The third-order valence-corrected chi connectivity index (χ3v) is 2.32. The smallest absolute Gasteiger partial charge is 0.137 e. The van der Waals surface area contributed by atoms with Crippen LogP contribution >= 0.6 is 0 Å². The van der Waals surface area contributed by atoms with E-state index in [0.29, 0.717) is 0 Å². The highest BCUT2D eigenvalue weighted by atomic mass is 15.5. The van der Waals surface area contributed by atoms with Crippen LogP contribution < -0.4 is 4.68 Å². The molecule has 78 valence electrons. The summed E-state index contributed by atoms with van der Waals surface area (Å²) in [5, 5.41) is 4.34. The Labute approximate surface area is 86.0 Å². The second-order valence-corrected chi connectivity index (χ2v) is 3.60. The molecular weight excluding hydrogens is 174 g/mol. The zero-order chi connectivity index (χ0) is 10.4. The highest BCUT2D eigenvalue weighted by Gasteiger charge is 2.10. The van der Waals surface area contributed by atoms with Gasteiger partial charge in [0.2, 0.25) is 0 Å². The van der Waals surface area contributed by atoms with Crippen molar-refractivity contribution in [2.24, 2.45) is 7.05 Å². The number of unbranched alkanes of at least 4 members (excludes halogenated alkanes) is 2. The second-order valence-electron chi connectivity index (χ2n) is 3.60. The molecule has 0 saturated carbocycles. The summed E-state index contributed by atoms with van der Waals surface area (Å²) in [6.07, 6.45) is 8.92. The van der Waals surface area contributed by atoms with E-state index in [1.165, 1.54) is 25.0 Å². The van der Waals surface area contributed by atoms with Crippen LogP contribution in [0.2, 0.25) is 0 Å². The minimum atomic E-state index is 0.793. The van der Waals surface area contributed by atoms with Crippen LogP contribution in [-0.4, -0.2) is 9.90 Å². The summed E-state index contributed by atoms with van der Waals surface area (Å²) in [6.45, 7) is 6.72. The molecule has 0 radical (unpaired) electrons. The topological polar surface area (TPSA) is 21.7 Å². The lowest BCUT2D eigenvalue weighted by Gasteiger charge is -1.92. The third kappa shape index (κ3) is 2.98. The summed E-state index contributed by atoms with van der Waals surface area (Å²) in [7, 11) is 2.00. The van der Waals surface area contributed by atoms with Gasteiger partial charge in [0.15, 0.2) is 11.9 Å². The Balaban J connectivity index is 2.53. The monoisotopic (exact) mass is 194 g/mol. The Kier molecular flexibility index (Phi) is 4.36. The molecular formula is C11H20N3+. The Morgan fingerprint density at radius 2 is 2.36 bits per heavy atom. The molecule has 1 rings (SSSR count). The molecule has 3 nitrogen and oxygen atoms in total. The van der Waals surface area contributed by atoms with Crippen LogP contribution in [-0.2, 0) is 20.0 Å². The van der Waals surface area contributed by atoms with Crippen molar-refractivity contribution in [1.82, 2.24) is 9.90 Å². The maximum Gasteiger partial charge on any atom is 0.167 e. The first-order chi connectivity index (χ1) is 6.77. The highest BCUT2D eigenvalue weighted by Crippen LogP contribution is 2.02. The lowest BCUT2D eigenvalue weighted by atomic mass is 10.2. The van der Waals surface area contributed by atoms with Crippen molar-refractivity contribution in [2.45, 2.75) is 39.2 Å². The van der Waals surface area contributed by atoms with Crippen LogP contribution in [0.25, 0.3) is 0 Å². The van der Waals surface area contributed by atoms with E-state index in [0.717, 1.165) is 13.0 Å². The molecule has 0 atom stereocenters. The van der Waals surface area contributed by atoms with Crippen molar-refractivity contribution in [1.29, 1.82) is 0 Å².